The van der Waals surface area contributed by atoms with Gasteiger partial charge in [-0.3, -0.25) is 4.57 Å². The number of imidazole rings is 2. The fourth-order valence-corrected chi connectivity index (χ4v) is 5.26. The van der Waals surface area contributed by atoms with Crippen molar-refractivity contribution in [2.24, 2.45) is 12.8 Å². The molecular formula is C27H24ClFN6O2. The molecule has 1 saturated heterocycles. The number of hydrogen-bond acceptors (Lipinski definition) is 5. The Bertz CT molecular complexity index is 1720. The Morgan fingerprint density at radius 1 is 1.11 bits per heavy atom. The van der Waals surface area contributed by atoms with Crippen LogP contribution in [0.25, 0.3) is 39.0 Å². The second kappa shape index (κ2) is 8.79. The summed E-state index contributed by atoms with van der Waals surface area (Å²) in [5, 5.41) is 11.6. The van der Waals surface area contributed by atoms with Gasteiger partial charge in [-0.05, 0) is 53.9 Å². The van der Waals surface area contributed by atoms with Crippen LogP contribution in [0.5, 0.6) is 5.75 Å². The fourth-order valence-electron chi connectivity index (χ4n) is 4.99. The number of aryl methyl sites for hydroxylation is 1. The molecule has 10 heteroatoms. The highest BCUT2D eigenvalue weighted by atomic mass is 35.5. The minimum Gasteiger partial charge on any atom is -0.507 e. The summed E-state index contributed by atoms with van der Waals surface area (Å²) in [4.78, 5) is 22.1. The molecule has 0 saturated carbocycles. The number of nitrogens with one attached hydrogen (secondary N) is 1. The molecule has 1 aliphatic rings. The van der Waals surface area contributed by atoms with E-state index in [4.69, 9.17) is 17.3 Å². The molecular weight excluding hydrogens is 495 g/mol. The number of phenolic OH excluding ortho intramolecular Hbond substituents is 1. The number of rotatable bonds is 4. The smallest absolute Gasteiger partial charge is 0.332 e. The highest BCUT2D eigenvalue weighted by Crippen LogP contribution is 2.42. The van der Waals surface area contributed by atoms with E-state index in [0.717, 1.165) is 29.7 Å². The zero-order valence-corrected chi connectivity index (χ0v) is 20.7. The summed E-state index contributed by atoms with van der Waals surface area (Å²) in [7, 11) is 1.65. The molecule has 0 amide bonds. The zero-order chi connectivity index (χ0) is 25.8. The molecule has 0 bridgehead atoms. The van der Waals surface area contributed by atoms with Gasteiger partial charge >= 0.3 is 5.69 Å². The molecule has 0 radical (unpaired) electrons. The number of nitrogens with zero attached hydrogens (tertiary/aromatic N) is 4. The third kappa shape index (κ3) is 3.96. The number of nitrogens with two attached hydrogens (primary N) is 1. The Morgan fingerprint density at radius 2 is 1.89 bits per heavy atom. The van der Waals surface area contributed by atoms with E-state index in [9.17, 15) is 14.3 Å². The van der Waals surface area contributed by atoms with Gasteiger partial charge in [-0.15, -0.1) is 0 Å². The Kier molecular flexibility index (Phi) is 5.54. The Morgan fingerprint density at radius 3 is 2.57 bits per heavy atom. The molecule has 4 N–H and O–H groups in total. The number of aromatic hydroxyl groups is 1. The first-order valence-electron chi connectivity index (χ1n) is 11.8. The summed E-state index contributed by atoms with van der Waals surface area (Å²) in [5.41, 5.74) is 10.6. The first kappa shape index (κ1) is 23.3. The van der Waals surface area contributed by atoms with Gasteiger partial charge in [0.25, 0.3) is 0 Å². The zero-order valence-electron chi connectivity index (χ0n) is 19.9. The summed E-state index contributed by atoms with van der Waals surface area (Å²) >= 11 is 6.53. The van der Waals surface area contributed by atoms with Crippen LogP contribution in [0.1, 0.15) is 6.42 Å². The molecule has 3 aromatic carbocycles. The Balaban J connectivity index is 1.46. The van der Waals surface area contributed by atoms with Gasteiger partial charge in [0.2, 0.25) is 0 Å². The second-order valence-corrected chi connectivity index (χ2v) is 9.77. The van der Waals surface area contributed by atoms with E-state index in [1.165, 1.54) is 21.3 Å². The highest BCUT2D eigenvalue weighted by molar-refractivity contribution is 6.32. The third-order valence-electron chi connectivity index (χ3n) is 6.92. The summed E-state index contributed by atoms with van der Waals surface area (Å²) in [6, 6.07) is 11.4. The summed E-state index contributed by atoms with van der Waals surface area (Å²) in [6.07, 6.45) is 5.75. The van der Waals surface area contributed by atoms with Crippen molar-refractivity contribution in [1.29, 1.82) is 0 Å². The Labute approximate surface area is 216 Å². The van der Waals surface area contributed by atoms with Gasteiger partial charge < -0.3 is 25.3 Å². The average molecular weight is 519 g/mol. The molecule has 188 valence electrons. The first-order chi connectivity index (χ1) is 17.8. The number of benzene rings is 3. The normalized spacial score (nSPS) is 15.7. The van der Waals surface area contributed by atoms with E-state index in [-0.39, 0.29) is 17.5 Å². The predicted octanol–water partition coefficient (Wildman–Crippen LogP) is 4.42. The monoisotopic (exact) mass is 518 g/mol. The first-order valence-corrected chi connectivity index (χ1v) is 12.2. The maximum absolute atomic E-state index is 14.9. The van der Waals surface area contributed by atoms with Gasteiger partial charge in [0.05, 0.1) is 28.2 Å². The summed E-state index contributed by atoms with van der Waals surface area (Å²) < 4.78 is 17.8. The molecule has 1 atom stereocenters. The lowest BCUT2D eigenvalue weighted by molar-refractivity contribution is 0.477. The minimum atomic E-state index is -0.503. The molecule has 6 rings (SSSR count). The molecule has 0 spiro atoms. The lowest BCUT2D eigenvalue weighted by atomic mass is 9.96. The average Bonchev–Trinajstić information content (AvgIpc) is 3.61. The maximum atomic E-state index is 14.9. The standard InChI is InChI=1S/C27H24ClFN6O2/c1-33-6-7-35(27(33)37)23-3-2-15(8-21(23)28)19-11-17(29)12-20(26(19)36)16-9-22-25(32-14-31-22)24(10-16)34-5-4-18(30)13-34/h2-3,6-12,14,18,36H,4-5,13,30H2,1H3,(H,31,32)/t18-/m0/s1. The molecule has 8 nitrogen and oxygen atoms in total. The number of aromatic nitrogens is 4. The van der Waals surface area contributed by atoms with Crippen molar-refractivity contribution in [3.05, 3.63) is 82.5 Å². The lowest BCUT2D eigenvalue weighted by Gasteiger charge is -2.20. The molecule has 5 aromatic rings. The van der Waals surface area contributed by atoms with E-state index >= 15 is 0 Å². The minimum absolute atomic E-state index is 0.0753. The number of halogens is 2. The number of aromatic amines is 1. The fraction of sp³-hybridized carbons (Fsp3) is 0.185. The van der Waals surface area contributed by atoms with E-state index in [1.54, 1.807) is 44.0 Å². The topological polar surface area (TPSA) is 105 Å². The van der Waals surface area contributed by atoms with Crippen molar-refractivity contribution >= 4 is 28.3 Å². The van der Waals surface area contributed by atoms with E-state index in [0.29, 0.717) is 39.5 Å². The Hall–Kier alpha value is -4.08. The van der Waals surface area contributed by atoms with Crippen LogP contribution in [0, 0.1) is 5.82 Å². The van der Waals surface area contributed by atoms with Crippen LogP contribution in [0.4, 0.5) is 10.1 Å². The van der Waals surface area contributed by atoms with Crippen LogP contribution < -0.4 is 16.3 Å². The molecule has 2 aromatic heterocycles. The van der Waals surface area contributed by atoms with Crippen molar-refractivity contribution in [1.82, 2.24) is 19.1 Å². The van der Waals surface area contributed by atoms with Crippen LogP contribution >= 0.6 is 11.6 Å². The number of hydrogen-bond donors (Lipinski definition) is 3. The predicted molar refractivity (Wildman–Crippen MR) is 143 cm³/mol. The summed E-state index contributed by atoms with van der Waals surface area (Å²) in [5.74, 6) is -0.582. The lowest BCUT2D eigenvalue weighted by Crippen LogP contribution is -2.26. The van der Waals surface area contributed by atoms with Crippen molar-refractivity contribution in [2.45, 2.75) is 12.5 Å². The van der Waals surface area contributed by atoms with E-state index in [2.05, 4.69) is 14.9 Å². The largest absolute Gasteiger partial charge is 0.507 e. The molecule has 1 fully saturated rings. The quantitative estimate of drug-likeness (QED) is 0.326. The van der Waals surface area contributed by atoms with Crippen LogP contribution in [0.15, 0.2) is 66.0 Å². The van der Waals surface area contributed by atoms with Gasteiger partial charge in [-0.1, -0.05) is 17.7 Å². The third-order valence-corrected chi connectivity index (χ3v) is 7.22. The van der Waals surface area contributed by atoms with Crippen molar-refractivity contribution < 1.29 is 9.50 Å². The van der Waals surface area contributed by atoms with Crippen molar-refractivity contribution in [3.8, 4) is 33.7 Å². The van der Waals surface area contributed by atoms with Gasteiger partial charge in [0.15, 0.2) is 0 Å². The second-order valence-electron chi connectivity index (χ2n) is 9.37. The number of phenols is 1. The number of anilines is 1. The SMILES string of the molecule is Cn1ccn(-c2ccc(-c3cc(F)cc(-c4cc(N5CC[C@H](N)C5)c5nc[nH]c5c4)c3O)cc2Cl)c1=O. The van der Waals surface area contributed by atoms with Crippen LogP contribution in [-0.4, -0.2) is 43.3 Å². The molecule has 37 heavy (non-hydrogen) atoms. The molecule has 1 aliphatic heterocycles. The molecule has 3 heterocycles. The van der Waals surface area contributed by atoms with Gasteiger partial charge in [0, 0.05) is 49.7 Å². The summed E-state index contributed by atoms with van der Waals surface area (Å²) in [6.45, 7) is 1.49. The number of fused-ring (bicyclic) bond motifs is 1. The maximum Gasteiger partial charge on any atom is 0.332 e. The van der Waals surface area contributed by atoms with Crippen LogP contribution in [0.2, 0.25) is 5.02 Å². The number of H-pyrrole nitrogens is 1. The van der Waals surface area contributed by atoms with E-state index in [1.807, 2.05) is 12.1 Å². The van der Waals surface area contributed by atoms with Crippen LogP contribution in [-0.2, 0) is 7.05 Å². The molecule has 0 aliphatic carbocycles. The van der Waals surface area contributed by atoms with Crippen molar-refractivity contribution in [2.75, 3.05) is 18.0 Å². The van der Waals surface area contributed by atoms with E-state index < -0.39 is 5.82 Å². The van der Waals surface area contributed by atoms with Gasteiger partial charge in [-0.2, -0.15) is 0 Å². The highest BCUT2D eigenvalue weighted by Gasteiger charge is 2.24. The van der Waals surface area contributed by atoms with Crippen molar-refractivity contribution in [3.63, 3.8) is 0 Å². The molecule has 0 unspecified atom stereocenters. The van der Waals surface area contributed by atoms with Gasteiger partial charge in [0.1, 0.15) is 17.1 Å². The van der Waals surface area contributed by atoms with Gasteiger partial charge in [-0.25, -0.2) is 14.2 Å². The van der Waals surface area contributed by atoms with Crippen LogP contribution in [0.3, 0.4) is 0 Å².